The zero-order chi connectivity index (χ0) is 13.6. The minimum absolute atomic E-state index is 0.359. The summed E-state index contributed by atoms with van der Waals surface area (Å²) in [5, 5.41) is 12.8. The van der Waals surface area contributed by atoms with Crippen molar-refractivity contribution in [2.45, 2.75) is 27.2 Å². The maximum atomic E-state index is 6.12. The van der Waals surface area contributed by atoms with Crippen LogP contribution in [0.1, 0.15) is 24.0 Å². The minimum Gasteiger partial charge on any atom is -0.274 e. The molecular formula is C11H11ClN6S. The van der Waals surface area contributed by atoms with Crippen molar-refractivity contribution in [1.29, 1.82) is 0 Å². The standard InChI is InChI=1S/C11H11ClN6S/c1-4-7-8(19-17-14-7)10-15-16-11-9(12)13-5(2)6(3)18(10)11/h4H2,1-3H3. The molecule has 0 radical (unpaired) electrons. The molecule has 8 heteroatoms. The molecule has 0 aliphatic heterocycles. The van der Waals surface area contributed by atoms with Gasteiger partial charge in [-0.05, 0) is 31.8 Å². The third-order valence-electron chi connectivity index (χ3n) is 3.07. The van der Waals surface area contributed by atoms with Crippen molar-refractivity contribution in [2.75, 3.05) is 0 Å². The Morgan fingerprint density at radius 2 is 2.00 bits per heavy atom. The predicted molar refractivity (Wildman–Crippen MR) is 73.5 cm³/mol. The van der Waals surface area contributed by atoms with Crippen LogP contribution in [0.15, 0.2) is 0 Å². The van der Waals surface area contributed by atoms with E-state index in [0.29, 0.717) is 10.8 Å². The summed E-state index contributed by atoms with van der Waals surface area (Å²) < 4.78 is 5.91. The molecule has 19 heavy (non-hydrogen) atoms. The molecule has 0 fully saturated rings. The zero-order valence-corrected chi connectivity index (χ0v) is 12.2. The molecule has 0 aromatic carbocycles. The van der Waals surface area contributed by atoms with E-state index in [-0.39, 0.29) is 0 Å². The average molecular weight is 295 g/mol. The van der Waals surface area contributed by atoms with E-state index in [1.54, 1.807) is 0 Å². The number of hydrogen-bond donors (Lipinski definition) is 0. The number of fused-ring (bicyclic) bond motifs is 1. The van der Waals surface area contributed by atoms with Crippen molar-refractivity contribution in [3.63, 3.8) is 0 Å². The lowest BCUT2D eigenvalue weighted by Gasteiger charge is -2.06. The Bertz CT molecular complexity index is 762. The van der Waals surface area contributed by atoms with Gasteiger partial charge in [0.2, 0.25) is 0 Å². The fourth-order valence-electron chi connectivity index (χ4n) is 1.93. The number of aryl methyl sites for hydroxylation is 3. The molecule has 0 atom stereocenters. The second-order valence-corrected chi connectivity index (χ2v) is 5.27. The van der Waals surface area contributed by atoms with Crippen LogP contribution in [0, 0.1) is 13.8 Å². The summed E-state index contributed by atoms with van der Waals surface area (Å²) >= 11 is 7.44. The van der Waals surface area contributed by atoms with Crippen LogP contribution >= 0.6 is 23.1 Å². The van der Waals surface area contributed by atoms with Crippen LogP contribution in [0.5, 0.6) is 0 Å². The van der Waals surface area contributed by atoms with Gasteiger partial charge in [-0.25, -0.2) is 4.98 Å². The monoisotopic (exact) mass is 294 g/mol. The van der Waals surface area contributed by atoms with E-state index in [1.165, 1.54) is 11.5 Å². The number of nitrogens with zero attached hydrogens (tertiary/aromatic N) is 6. The lowest BCUT2D eigenvalue weighted by molar-refractivity contribution is 0.973. The highest BCUT2D eigenvalue weighted by Crippen LogP contribution is 2.28. The van der Waals surface area contributed by atoms with Crippen LogP contribution in [0.2, 0.25) is 5.15 Å². The normalized spacial score (nSPS) is 11.4. The minimum atomic E-state index is 0.359. The van der Waals surface area contributed by atoms with E-state index in [4.69, 9.17) is 11.6 Å². The molecular weight excluding hydrogens is 284 g/mol. The smallest absolute Gasteiger partial charge is 0.199 e. The molecule has 3 heterocycles. The SMILES string of the molecule is CCc1nnsc1-c1nnc2c(Cl)nc(C)c(C)n12. The molecule has 0 amide bonds. The lowest BCUT2D eigenvalue weighted by atomic mass is 10.3. The van der Waals surface area contributed by atoms with Crippen molar-refractivity contribution in [2.24, 2.45) is 0 Å². The van der Waals surface area contributed by atoms with Crippen LogP contribution < -0.4 is 0 Å². The lowest BCUT2D eigenvalue weighted by Crippen LogP contribution is -2.01. The Hall–Kier alpha value is -1.60. The fourth-order valence-corrected chi connectivity index (χ4v) is 2.91. The third-order valence-corrected chi connectivity index (χ3v) is 4.08. The van der Waals surface area contributed by atoms with Gasteiger partial charge in [0.1, 0.15) is 4.88 Å². The fraction of sp³-hybridized carbons (Fsp3) is 0.364. The second kappa shape index (κ2) is 4.50. The summed E-state index contributed by atoms with van der Waals surface area (Å²) in [5.74, 6) is 0.728. The highest BCUT2D eigenvalue weighted by atomic mass is 35.5. The van der Waals surface area contributed by atoms with Gasteiger partial charge in [-0.15, -0.1) is 15.3 Å². The van der Waals surface area contributed by atoms with Crippen LogP contribution in [-0.4, -0.2) is 29.2 Å². The van der Waals surface area contributed by atoms with Crippen molar-refractivity contribution in [1.82, 2.24) is 29.2 Å². The van der Waals surface area contributed by atoms with Crippen molar-refractivity contribution in [3.8, 4) is 10.7 Å². The van der Waals surface area contributed by atoms with Crippen LogP contribution in [0.4, 0.5) is 0 Å². The molecule has 0 bridgehead atoms. The van der Waals surface area contributed by atoms with E-state index >= 15 is 0 Å². The first-order valence-electron chi connectivity index (χ1n) is 5.83. The van der Waals surface area contributed by atoms with Gasteiger partial charge in [0, 0.05) is 5.69 Å². The maximum Gasteiger partial charge on any atom is 0.199 e. The van der Waals surface area contributed by atoms with E-state index in [0.717, 1.165) is 34.2 Å². The Morgan fingerprint density at radius 1 is 1.21 bits per heavy atom. The summed E-state index contributed by atoms with van der Waals surface area (Å²) in [6.45, 7) is 5.92. The van der Waals surface area contributed by atoms with Crippen molar-refractivity contribution >= 4 is 28.8 Å². The highest BCUT2D eigenvalue weighted by molar-refractivity contribution is 7.09. The molecule has 3 rings (SSSR count). The molecule has 3 aromatic heterocycles. The number of rotatable bonds is 2. The largest absolute Gasteiger partial charge is 0.274 e. The van der Waals surface area contributed by atoms with E-state index in [2.05, 4.69) is 24.8 Å². The van der Waals surface area contributed by atoms with Crippen LogP contribution in [0.3, 0.4) is 0 Å². The molecule has 0 spiro atoms. The van der Waals surface area contributed by atoms with Gasteiger partial charge in [-0.3, -0.25) is 4.40 Å². The van der Waals surface area contributed by atoms with Crippen LogP contribution in [0.25, 0.3) is 16.3 Å². The van der Waals surface area contributed by atoms with Gasteiger partial charge in [-0.2, -0.15) is 0 Å². The quantitative estimate of drug-likeness (QED) is 0.726. The summed E-state index contributed by atoms with van der Waals surface area (Å²) in [4.78, 5) is 5.18. The van der Waals surface area contributed by atoms with Crippen LogP contribution in [-0.2, 0) is 6.42 Å². The molecule has 98 valence electrons. The molecule has 0 aliphatic rings. The van der Waals surface area contributed by atoms with Gasteiger partial charge in [-0.1, -0.05) is 23.0 Å². The van der Waals surface area contributed by atoms with E-state index in [9.17, 15) is 0 Å². The van der Waals surface area contributed by atoms with Crippen molar-refractivity contribution < 1.29 is 0 Å². The Kier molecular flexibility index (Phi) is 2.94. The molecule has 0 saturated carbocycles. The van der Waals surface area contributed by atoms with E-state index in [1.807, 2.05) is 25.2 Å². The maximum absolute atomic E-state index is 6.12. The van der Waals surface area contributed by atoms with Crippen molar-refractivity contribution in [3.05, 3.63) is 22.2 Å². The van der Waals surface area contributed by atoms with Gasteiger partial charge < -0.3 is 0 Å². The molecule has 0 unspecified atom stereocenters. The first-order valence-corrected chi connectivity index (χ1v) is 6.98. The average Bonchev–Trinajstić information content (AvgIpc) is 3.01. The molecule has 0 N–H and O–H groups in total. The van der Waals surface area contributed by atoms with Gasteiger partial charge in [0.25, 0.3) is 0 Å². The Morgan fingerprint density at radius 3 is 2.74 bits per heavy atom. The summed E-state index contributed by atoms with van der Waals surface area (Å²) in [7, 11) is 0. The highest BCUT2D eigenvalue weighted by Gasteiger charge is 2.19. The Balaban J connectivity index is 2.37. The molecule has 3 aromatic rings. The van der Waals surface area contributed by atoms with Gasteiger partial charge in [0.15, 0.2) is 16.6 Å². The predicted octanol–water partition coefficient (Wildman–Crippen LogP) is 2.48. The molecule has 6 nitrogen and oxygen atoms in total. The Labute approximate surface area is 118 Å². The summed E-state index contributed by atoms with van der Waals surface area (Å²) in [6, 6.07) is 0. The number of halogens is 1. The van der Waals surface area contributed by atoms with E-state index < -0.39 is 0 Å². The number of hydrogen-bond acceptors (Lipinski definition) is 6. The topological polar surface area (TPSA) is 68.9 Å². The number of aromatic nitrogens is 6. The first kappa shape index (κ1) is 12.4. The third kappa shape index (κ3) is 1.81. The summed E-state index contributed by atoms with van der Waals surface area (Å²) in [6.07, 6.45) is 0.803. The zero-order valence-electron chi connectivity index (χ0n) is 10.7. The summed E-state index contributed by atoms with van der Waals surface area (Å²) in [5.41, 5.74) is 3.31. The molecule has 0 aliphatic carbocycles. The first-order chi connectivity index (χ1) is 9.13. The van der Waals surface area contributed by atoms with Gasteiger partial charge >= 0.3 is 0 Å². The molecule has 0 saturated heterocycles. The van der Waals surface area contributed by atoms with Gasteiger partial charge in [0.05, 0.1) is 11.4 Å². The second-order valence-electron chi connectivity index (χ2n) is 4.16.